The third kappa shape index (κ3) is 7.01. The molecule has 1 amide bonds. The van der Waals surface area contributed by atoms with E-state index in [-0.39, 0.29) is 4.90 Å². The van der Waals surface area contributed by atoms with Gasteiger partial charge in [-0.15, -0.1) is 0 Å². The molecule has 0 aromatic heterocycles. The van der Waals surface area contributed by atoms with Crippen LogP contribution in [0, 0.1) is 13.8 Å². The van der Waals surface area contributed by atoms with Crippen LogP contribution in [0.4, 0.5) is 17.1 Å². The number of nitrogens with zero attached hydrogens (tertiary/aromatic N) is 1. The van der Waals surface area contributed by atoms with Gasteiger partial charge in [0.05, 0.1) is 23.4 Å². The number of hydrogen-bond acceptors (Lipinski definition) is 6. The van der Waals surface area contributed by atoms with Crippen molar-refractivity contribution >= 4 is 43.0 Å². The number of hydrogen-bond donors (Lipinski definition) is 2. The van der Waals surface area contributed by atoms with Crippen LogP contribution in [0.15, 0.2) is 71.6 Å². The number of benzene rings is 3. The molecule has 0 unspecified atom stereocenters. The molecule has 9 nitrogen and oxygen atoms in total. The summed E-state index contributed by atoms with van der Waals surface area (Å²) in [5.41, 5.74) is 3.09. The molecule has 0 fully saturated rings. The molecule has 2 N–H and O–H groups in total. The maximum atomic E-state index is 13.0. The van der Waals surface area contributed by atoms with Crippen molar-refractivity contribution in [2.24, 2.45) is 0 Å². The van der Waals surface area contributed by atoms with Gasteiger partial charge in [-0.3, -0.25) is 13.8 Å². The molecule has 0 heterocycles. The lowest BCUT2D eigenvalue weighted by Crippen LogP contribution is -2.45. The highest BCUT2D eigenvalue weighted by Crippen LogP contribution is 2.25. The van der Waals surface area contributed by atoms with Crippen LogP contribution in [-0.2, 0) is 24.8 Å². The van der Waals surface area contributed by atoms with Gasteiger partial charge in [-0.05, 0) is 99.5 Å². The Labute approximate surface area is 218 Å². The van der Waals surface area contributed by atoms with Crippen molar-refractivity contribution in [3.05, 3.63) is 77.9 Å². The Morgan fingerprint density at radius 3 is 2.03 bits per heavy atom. The van der Waals surface area contributed by atoms with E-state index in [1.54, 1.807) is 36.4 Å². The van der Waals surface area contributed by atoms with E-state index >= 15 is 0 Å². The fourth-order valence-corrected chi connectivity index (χ4v) is 5.87. The van der Waals surface area contributed by atoms with Crippen molar-refractivity contribution < 1.29 is 26.4 Å². The van der Waals surface area contributed by atoms with Crippen molar-refractivity contribution in [1.82, 2.24) is 0 Å². The van der Waals surface area contributed by atoms with Crippen LogP contribution in [0.2, 0.25) is 0 Å². The van der Waals surface area contributed by atoms with Gasteiger partial charge in [0.1, 0.15) is 11.8 Å². The van der Waals surface area contributed by atoms with Crippen LogP contribution in [0.3, 0.4) is 0 Å². The first-order valence-electron chi connectivity index (χ1n) is 11.5. The van der Waals surface area contributed by atoms with E-state index in [2.05, 4.69) is 10.0 Å². The Morgan fingerprint density at radius 2 is 1.49 bits per heavy atom. The van der Waals surface area contributed by atoms with Gasteiger partial charge in [-0.2, -0.15) is 0 Å². The number of carbonyl (C=O) groups excluding carboxylic acids is 1. The van der Waals surface area contributed by atoms with Crippen molar-refractivity contribution in [2.75, 3.05) is 27.2 Å². The minimum Gasteiger partial charge on any atom is -0.494 e. The summed E-state index contributed by atoms with van der Waals surface area (Å²) < 4.78 is 59.6. The first-order valence-corrected chi connectivity index (χ1v) is 14.9. The van der Waals surface area contributed by atoms with Crippen molar-refractivity contribution in [1.29, 1.82) is 0 Å². The zero-order chi connectivity index (χ0) is 27.4. The Hall–Kier alpha value is -3.57. The molecule has 1 atom stereocenters. The molecule has 0 radical (unpaired) electrons. The molecular weight excluding hydrogens is 514 g/mol. The molecule has 198 valence electrons. The Kier molecular flexibility index (Phi) is 8.49. The lowest BCUT2D eigenvalue weighted by atomic mass is 10.1. The van der Waals surface area contributed by atoms with Crippen LogP contribution in [-0.4, -0.2) is 41.6 Å². The standard InChI is InChI=1S/C26H31N3O6S2/c1-6-35-24-13-11-23(12-14-24)29(36(5,31)32)20(4)26(30)27-21-9-15-25(16-10-21)37(33,34)28-22-8-7-18(2)19(3)17-22/h7-17,20,28H,6H2,1-5H3,(H,27,30)/t20-/m0/s1. The molecule has 0 saturated carbocycles. The minimum absolute atomic E-state index is 0.0175. The fraction of sp³-hybridized carbons (Fsp3) is 0.269. The summed E-state index contributed by atoms with van der Waals surface area (Å²) in [5.74, 6) is 0.00187. The molecule has 3 aromatic rings. The van der Waals surface area contributed by atoms with E-state index in [1.165, 1.54) is 31.2 Å². The number of ether oxygens (including phenoxy) is 1. The smallest absolute Gasteiger partial charge is 0.261 e. The molecule has 0 spiro atoms. The lowest BCUT2D eigenvalue weighted by molar-refractivity contribution is -0.116. The third-order valence-corrected chi connectivity index (χ3v) is 8.32. The summed E-state index contributed by atoms with van der Waals surface area (Å²) in [7, 11) is -7.64. The Balaban J connectivity index is 1.75. The van der Waals surface area contributed by atoms with Gasteiger partial charge in [0.2, 0.25) is 15.9 Å². The molecule has 0 aliphatic heterocycles. The molecule has 0 aliphatic carbocycles. The second-order valence-corrected chi connectivity index (χ2v) is 12.1. The van der Waals surface area contributed by atoms with Gasteiger partial charge in [0.25, 0.3) is 10.0 Å². The van der Waals surface area contributed by atoms with Crippen LogP contribution in [0.1, 0.15) is 25.0 Å². The average Bonchev–Trinajstić information content (AvgIpc) is 2.82. The number of carbonyl (C=O) groups is 1. The summed E-state index contributed by atoms with van der Waals surface area (Å²) in [5, 5.41) is 2.65. The number of aryl methyl sites for hydroxylation is 2. The molecule has 0 aliphatic rings. The quantitative estimate of drug-likeness (QED) is 0.392. The molecule has 0 saturated heterocycles. The van der Waals surface area contributed by atoms with Gasteiger partial charge >= 0.3 is 0 Å². The van der Waals surface area contributed by atoms with Crippen LogP contribution >= 0.6 is 0 Å². The van der Waals surface area contributed by atoms with E-state index in [9.17, 15) is 21.6 Å². The summed E-state index contributed by atoms with van der Waals surface area (Å²) in [6, 6.07) is 16.2. The van der Waals surface area contributed by atoms with Crippen molar-refractivity contribution in [3.8, 4) is 5.75 Å². The second kappa shape index (κ2) is 11.2. The minimum atomic E-state index is -3.84. The number of anilines is 3. The Bertz CT molecular complexity index is 1470. The summed E-state index contributed by atoms with van der Waals surface area (Å²) in [6.45, 7) is 7.61. The molecule has 37 heavy (non-hydrogen) atoms. The normalized spacial score (nSPS) is 12.5. The predicted octanol–water partition coefficient (Wildman–Crippen LogP) is 4.30. The second-order valence-electron chi connectivity index (χ2n) is 8.58. The Morgan fingerprint density at radius 1 is 0.892 bits per heavy atom. The van der Waals surface area contributed by atoms with Gasteiger partial charge in [0, 0.05) is 11.4 Å². The first-order chi connectivity index (χ1) is 17.3. The maximum absolute atomic E-state index is 13.0. The van der Waals surface area contributed by atoms with E-state index in [4.69, 9.17) is 4.74 Å². The number of rotatable bonds is 10. The van der Waals surface area contributed by atoms with E-state index in [1.807, 2.05) is 26.8 Å². The first kappa shape index (κ1) is 28.0. The molecule has 3 rings (SSSR count). The highest BCUT2D eigenvalue weighted by Gasteiger charge is 2.29. The number of amides is 1. The van der Waals surface area contributed by atoms with E-state index < -0.39 is 32.0 Å². The van der Waals surface area contributed by atoms with Crippen LogP contribution < -0.4 is 19.1 Å². The zero-order valence-electron chi connectivity index (χ0n) is 21.3. The topological polar surface area (TPSA) is 122 Å². The molecule has 0 bridgehead atoms. The van der Waals surface area contributed by atoms with Gasteiger partial charge in [0.15, 0.2) is 0 Å². The maximum Gasteiger partial charge on any atom is 0.261 e. The van der Waals surface area contributed by atoms with E-state index in [0.717, 1.165) is 21.7 Å². The fourth-order valence-electron chi connectivity index (χ4n) is 3.65. The van der Waals surface area contributed by atoms with Gasteiger partial charge in [-0.1, -0.05) is 6.07 Å². The zero-order valence-corrected chi connectivity index (χ0v) is 23.0. The summed E-state index contributed by atoms with van der Waals surface area (Å²) in [4.78, 5) is 13.0. The molecule has 11 heteroatoms. The molecular formula is C26H31N3O6S2. The largest absolute Gasteiger partial charge is 0.494 e. The van der Waals surface area contributed by atoms with Gasteiger partial charge < -0.3 is 10.1 Å². The third-order valence-electron chi connectivity index (χ3n) is 5.68. The van der Waals surface area contributed by atoms with Crippen LogP contribution in [0.5, 0.6) is 5.75 Å². The predicted molar refractivity (Wildman–Crippen MR) is 146 cm³/mol. The van der Waals surface area contributed by atoms with Crippen molar-refractivity contribution in [2.45, 2.75) is 38.6 Å². The number of nitrogens with one attached hydrogen (secondary N) is 2. The van der Waals surface area contributed by atoms with E-state index in [0.29, 0.717) is 29.4 Å². The van der Waals surface area contributed by atoms with Crippen molar-refractivity contribution in [3.63, 3.8) is 0 Å². The number of sulfonamides is 2. The monoisotopic (exact) mass is 545 g/mol. The summed E-state index contributed by atoms with van der Waals surface area (Å²) in [6.07, 6.45) is 1.02. The molecule has 3 aromatic carbocycles. The average molecular weight is 546 g/mol. The van der Waals surface area contributed by atoms with Gasteiger partial charge in [-0.25, -0.2) is 16.8 Å². The van der Waals surface area contributed by atoms with Crippen LogP contribution in [0.25, 0.3) is 0 Å². The summed E-state index contributed by atoms with van der Waals surface area (Å²) >= 11 is 0. The highest BCUT2D eigenvalue weighted by atomic mass is 32.2. The lowest BCUT2D eigenvalue weighted by Gasteiger charge is -2.28. The highest BCUT2D eigenvalue weighted by molar-refractivity contribution is 7.92. The SMILES string of the molecule is CCOc1ccc(N([C@@H](C)C(=O)Nc2ccc(S(=O)(=O)Nc3ccc(C)c(C)c3)cc2)S(C)(=O)=O)cc1.